The molecule has 0 aliphatic carbocycles. The Hall–Kier alpha value is -1.55. The number of aromatic nitrogens is 2. The normalized spacial score (nSPS) is 12.8. The number of rotatable bonds is 6. The van der Waals surface area contributed by atoms with Crippen LogP contribution in [0.5, 0.6) is 0 Å². The van der Waals surface area contributed by atoms with Crippen LogP contribution in [0.3, 0.4) is 0 Å². The van der Waals surface area contributed by atoms with E-state index in [2.05, 4.69) is 37.4 Å². The molecule has 0 saturated heterocycles. The van der Waals surface area contributed by atoms with Crippen LogP contribution in [-0.2, 0) is 6.54 Å². The van der Waals surface area contributed by atoms with Crippen molar-refractivity contribution in [3.63, 3.8) is 0 Å². The van der Waals surface area contributed by atoms with Gasteiger partial charge in [-0.1, -0.05) is 6.92 Å². The number of nitrogens with one attached hydrogen (secondary N) is 1. The van der Waals surface area contributed by atoms with E-state index in [4.69, 9.17) is 4.42 Å². The summed E-state index contributed by atoms with van der Waals surface area (Å²) in [6.07, 6.45) is 6.84. The van der Waals surface area contributed by atoms with E-state index in [1.807, 2.05) is 16.9 Å². The molecule has 0 aromatic carbocycles. The van der Waals surface area contributed by atoms with Gasteiger partial charge in [-0.05, 0) is 38.4 Å². The second-order valence-corrected chi connectivity index (χ2v) is 4.48. The van der Waals surface area contributed by atoms with Crippen LogP contribution in [0.15, 0.2) is 29.1 Å². The monoisotopic (exact) mass is 247 g/mol. The van der Waals surface area contributed by atoms with Crippen LogP contribution in [-0.4, -0.2) is 16.3 Å². The molecule has 1 N–H and O–H groups in total. The highest BCUT2D eigenvalue weighted by atomic mass is 16.3. The van der Waals surface area contributed by atoms with Crippen LogP contribution in [0, 0.1) is 6.92 Å². The number of hydrogen-bond acceptors (Lipinski definition) is 3. The van der Waals surface area contributed by atoms with Crippen molar-refractivity contribution in [1.82, 2.24) is 15.1 Å². The van der Waals surface area contributed by atoms with E-state index < -0.39 is 0 Å². The van der Waals surface area contributed by atoms with E-state index >= 15 is 0 Å². The van der Waals surface area contributed by atoms with Gasteiger partial charge in [-0.3, -0.25) is 4.68 Å². The van der Waals surface area contributed by atoms with Gasteiger partial charge in [-0.2, -0.15) is 5.10 Å². The number of aryl methyl sites for hydroxylation is 2. The summed E-state index contributed by atoms with van der Waals surface area (Å²) >= 11 is 0. The zero-order valence-corrected chi connectivity index (χ0v) is 11.3. The Morgan fingerprint density at radius 1 is 1.44 bits per heavy atom. The van der Waals surface area contributed by atoms with Gasteiger partial charge in [0.2, 0.25) is 0 Å². The topological polar surface area (TPSA) is 43.0 Å². The Morgan fingerprint density at radius 3 is 2.83 bits per heavy atom. The third kappa shape index (κ3) is 2.64. The third-order valence-electron chi connectivity index (χ3n) is 3.07. The van der Waals surface area contributed by atoms with E-state index in [-0.39, 0.29) is 6.04 Å². The maximum Gasteiger partial charge on any atom is 0.128 e. The predicted molar refractivity (Wildman–Crippen MR) is 71.5 cm³/mol. The first-order valence-corrected chi connectivity index (χ1v) is 6.56. The molecule has 0 bridgehead atoms. The van der Waals surface area contributed by atoms with Crippen LogP contribution in [0.4, 0.5) is 0 Å². The van der Waals surface area contributed by atoms with Crippen molar-refractivity contribution in [2.45, 2.75) is 39.8 Å². The highest BCUT2D eigenvalue weighted by molar-refractivity contribution is 5.27. The fraction of sp³-hybridized carbons (Fsp3) is 0.500. The van der Waals surface area contributed by atoms with Crippen molar-refractivity contribution in [3.8, 4) is 0 Å². The van der Waals surface area contributed by atoms with E-state index in [0.29, 0.717) is 0 Å². The van der Waals surface area contributed by atoms with Crippen LogP contribution in [0.2, 0.25) is 0 Å². The Bertz CT molecular complexity index is 487. The lowest BCUT2D eigenvalue weighted by molar-refractivity contribution is 0.443. The molecular weight excluding hydrogens is 226 g/mol. The molecule has 2 aromatic rings. The summed E-state index contributed by atoms with van der Waals surface area (Å²) in [7, 11) is 0. The number of furan rings is 1. The average molecular weight is 247 g/mol. The summed E-state index contributed by atoms with van der Waals surface area (Å²) in [5, 5.41) is 7.86. The van der Waals surface area contributed by atoms with E-state index in [0.717, 1.165) is 30.8 Å². The van der Waals surface area contributed by atoms with E-state index in [1.54, 1.807) is 6.26 Å². The molecule has 0 fully saturated rings. The molecule has 2 rings (SSSR count). The lowest BCUT2D eigenvalue weighted by Gasteiger charge is -2.15. The summed E-state index contributed by atoms with van der Waals surface area (Å²) in [5.74, 6) is 0.985. The van der Waals surface area contributed by atoms with Gasteiger partial charge >= 0.3 is 0 Å². The van der Waals surface area contributed by atoms with Crippen LogP contribution >= 0.6 is 0 Å². The van der Waals surface area contributed by atoms with Crippen molar-refractivity contribution in [3.05, 3.63) is 41.6 Å². The SMILES string of the molecule is CCCNC(c1cnn(CC)c1)c1occc1C. The maximum atomic E-state index is 5.62. The lowest BCUT2D eigenvalue weighted by atomic mass is 10.1. The summed E-state index contributed by atoms with van der Waals surface area (Å²) < 4.78 is 7.56. The molecule has 2 aromatic heterocycles. The number of hydrogen-bond donors (Lipinski definition) is 1. The van der Waals surface area contributed by atoms with Gasteiger partial charge in [-0.15, -0.1) is 0 Å². The Labute approximate surface area is 108 Å². The highest BCUT2D eigenvalue weighted by Gasteiger charge is 2.19. The lowest BCUT2D eigenvalue weighted by Crippen LogP contribution is -2.23. The second-order valence-electron chi connectivity index (χ2n) is 4.48. The smallest absolute Gasteiger partial charge is 0.128 e. The van der Waals surface area contributed by atoms with Crippen molar-refractivity contribution in [2.75, 3.05) is 6.54 Å². The van der Waals surface area contributed by atoms with Gasteiger partial charge in [0, 0.05) is 18.3 Å². The average Bonchev–Trinajstić information content (AvgIpc) is 3.00. The van der Waals surface area contributed by atoms with Gasteiger partial charge in [0.1, 0.15) is 5.76 Å². The van der Waals surface area contributed by atoms with Crippen LogP contribution in [0.1, 0.15) is 43.2 Å². The summed E-state index contributed by atoms with van der Waals surface area (Å²) in [6.45, 7) is 8.17. The van der Waals surface area contributed by atoms with Crippen molar-refractivity contribution in [2.24, 2.45) is 0 Å². The number of nitrogens with zero attached hydrogens (tertiary/aromatic N) is 2. The first-order valence-electron chi connectivity index (χ1n) is 6.56. The molecule has 0 radical (unpaired) electrons. The van der Waals surface area contributed by atoms with Gasteiger partial charge in [0.25, 0.3) is 0 Å². The van der Waals surface area contributed by atoms with Gasteiger partial charge in [0.05, 0.1) is 18.5 Å². The van der Waals surface area contributed by atoms with Crippen molar-refractivity contribution >= 4 is 0 Å². The fourth-order valence-electron chi connectivity index (χ4n) is 2.03. The first kappa shape index (κ1) is 12.9. The largest absolute Gasteiger partial charge is 0.467 e. The molecule has 0 aliphatic heterocycles. The molecule has 1 atom stereocenters. The van der Waals surface area contributed by atoms with Crippen LogP contribution < -0.4 is 5.32 Å². The first-order chi connectivity index (χ1) is 8.76. The Morgan fingerprint density at radius 2 is 2.28 bits per heavy atom. The summed E-state index contributed by atoms with van der Waals surface area (Å²) in [4.78, 5) is 0. The Balaban J connectivity index is 2.27. The minimum atomic E-state index is 0.0975. The summed E-state index contributed by atoms with van der Waals surface area (Å²) in [5.41, 5.74) is 2.33. The molecule has 1 unspecified atom stereocenters. The molecule has 4 heteroatoms. The molecule has 2 heterocycles. The Kier molecular flexibility index (Phi) is 4.20. The van der Waals surface area contributed by atoms with Crippen molar-refractivity contribution < 1.29 is 4.42 Å². The molecule has 4 nitrogen and oxygen atoms in total. The van der Waals surface area contributed by atoms with Crippen molar-refractivity contribution in [1.29, 1.82) is 0 Å². The molecule has 98 valence electrons. The van der Waals surface area contributed by atoms with Crippen LogP contribution in [0.25, 0.3) is 0 Å². The fourth-order valence-corrected chi connectivity index (χ4v) is 2.03. The van der Waals surface area contributed by atoms with Gasteiger partial charge in [0.15, 0.2) is 0 Å². The maximum absolute atomic E-state index is 5.62. The zero-order chi connectivity index (χ0) is 13.0. The zero-order valence-electron chi connectivity index (χ0n) is 11.3. The quantitative estimate of drug-likeness (QED) is 0.853. The van der Waals surface area contributed by atoms with E-state index in [1.165, 1.54) is 5.56 Å². The molecular formula is C14H21N3O. The molecule has 0 saturated carbocycles. The highest BCUT2D eigenvalue weighted by Crippen LogP contribution is 2.25. The van der Waals surface area contributed by atoms with E-state index in [9.17, 15) is 0 Å². The standard InChI is InChI=1S/C14H21N3O/c1-4-7-15-13(14-11(3)6-8-18-14)12-9-16-17(5-2)10-12/h6,8-10,13,15H,4-5,7H2,1-3H3. The molecule has 0 spiro atoms. The molecule has 18 heavy (non-hydrogen) atoms. The second kappa shape index (κ2) is 5.87. The third-order valence-corrected chi connectivity index (χ3v) is 3.07. The summed E-state index contributed by atoms with van der Waals surface area (Å²) in [6, 6.07) is 2.10. The molecule has 0 aliphatic rings. The predicted octanol–water partition coefficient (Wildman–Crippen LogP) is 2.89. The minimum absolute atomic E-state index is 0.0975. The minimum Gasteiger partial charge on any atom is -0.467 e. The van der Waals surface area contributed by atoms with Gasteiger partial charge < -0.3 is 9.73 Å². The molecule has 0 amide bonds. The van der Waals surface area contributed by atoms with Gasteiger partial charge in [-0.25, -0.2) is 0 Å².